The summed E-state index contributed by atoms with van der Waals surface area (Å²) in [5.74, 6) is -1.82. The fraction of sp³-hybridized carbons (Fsp3) is 0.150. The third kappa shape index (κ3) is 6.00. The lowest BCUT2D eigenvalue weighted by Gasteiger charge is -2.11. The van der Waals surface area contributed by atoms with Crippen molar-refractivity contribution in [3.63, 3.8) is 0 Å². The number of benzene rings is 2. The van der Waals surface area contributed by atoms with Gasteiger partial charge in [0, 0.05) is 35.5 Å². The SMILES string of the molecule is O=C(Nc1ccc(Br)cc1C(=O)O)c1cccc(S(=O)(=O)NCCCn2ccnc2)c1. The Labute approximate surface area is 187 Å². The first-order chi connectivity index (χ1) is 14.8. The number of hydrogen-bond acceptors (Lipinski definition) is 5. The van der Waals surface area contributed by atoms with Gasteiger partial charge in [0.15, 0.2) is 0 Å². The predicted octanol–water partition coefficient (Wildman–Crippen LogP) is 2.96. The van der Waals surface area contributed by atoms with E-state index in [1.807, 2.05) is 4.57 Å². The molecule has 0 saturated carbocycles. The van der Waals surface area contributed by atoms with E-state index in [2.05, 4.69) is 31.0 Å². The second-order valence-electron chi connectivity index (χ2n) is 6.53. The van der Waals surface area contributed by atoms with Gasteiger partial charge in [0.1, 0.15) is 0 Å². The lowest BCUT2D eigenvalue weighted by molar-refractivity contribution is 0.0698. The molecule has 0 spiro atoms. The van der Waals surface area contributed by atoms with E-state index in [0.717, 1.165) is 0 Å². The van der Waals surface area contributed by atoms with Gasteiger partial charge in [-0.3, -0.25) is 4.79 Å². The fourth-order valence-electron chi connectivity index (χ4n) is 2.77. The number of rotatable bonds is 9. The van der Waals surface area contributed by atoms with Crippen LogP contribution in [0.25, 0.3) is 0 Å². The second kappa shape index (κ2) is 9.86. The molecule has 11 heteroatoms. The smallest absolute Gasteiger partial charge is 0.337 e. The van der Waals surface area contributed by atoms with Gasteiger partial charge in [-0.1, -0.05) is 22.0 Å². The maximum absolute atomic E-state index is 12.6. The Morgan fingerprint density at radius 3 is 2.68 bits per heavy atom. The second-order valence-corrected chi connectivity index (χ2v) is 9.21. The average Bonchev–Trinajstić information content (AvgIpc) is 3.26. The summed E-state index contributed by atoms with van der Waals surface area (Å²) < 4.78 is 30.0. The number of aromatic carboxylic acids is 1. The normalized spacial score (nSPS) is 11.3. The Hall–Kier alpha value is -3.02. The van der Waals surface area contributed by atoms with Crippen LogP contribution in [0.5, 0.6) is 0 Å². The van der Waals surface area contributed by atoms with Gasteiger partial charge in [0.05, 0.1) is 22.5 Å². The van der Waals surface area contributed by atoms with Crippen molar-refractivity contribution in [2.24, 2.45) is 0 Å². The number of imidazole rings is 1. The van der Waals surface area contributed by atoms with Crippen LogP contribution >= 0.6 is 15.9 Å². The molecule has 0 aliphatic heterocycles. The Morgan fingerprint density at radius 1 is 1.16 bits per heavy atom. The molecule has 1 amide bonds. The van der Waals surface area contributed by atoms with Gasteiger partial charge in [0.2, 0.25) is 10.0 Å². The summed E-state index contributed by atoms with van der Waals surface area (Å²) in [4.78, 5) is 27.9. The number of halogens is 1. The molecule has 1 heterocycles. The summed E-state index contributed by atoms with van der Waals surface area (Å²) in [5.41, 5.74) is 0.0956. The van der Waals surface area contributed by atoms with Crippen molar-refractivity contribution in [2.45, 2.75) is 17.9 Å². The first kappa shape index (κ1) is 22.7. The number of anilines is 1. The molecule has 9 nitrogen and oxygen atoms in total. The van der Waals surface area contributed by atoms with E-state index < -0.39 is 21.9 Å². The molecule has 0 radical (unpaired) electrons. The summed E-state index contributed by atoms with van der Waals surface area (Å²) in [6, 6.07) is 9.95. The van der Waals surface area contributed by atoms with Crippen molar-refractivity contribution in [2.75, 3.05) is 11.9 Å². The maximum Gasteiger partial charge on any atom is 0.337 e. The number of aryl methyl sites for hydroxylation is 1. The summed E-state index contributed by atoms with van der Waals surface area (Å²) in [5, 5.41) is 11.8. The molecule has 0 aliphatic rings. The van der Waals surface area contributed by atoms with E-state index in [-0.39, 0.29) is 28.3 Å². The molecule has 0 aliphatic carbocycles. The number of carboxylic acid groups (broad SMARTS) is 1. The molecular weight excluding hydrogens is 488 g/mol. The van der Waals surface area contributed by atoms with Crippen LogP contribution in [0.4, 0.5) is 5.69 Å². The Balaban J connectivity index is 1.69. The van der Waals surface area contributed by atoms with Gasteiger partial charge in [-0.25, -0.2) is 22.9 Å². The Morgan fingerprint density at radius 2 is 1.97 bits per heavy atom. The molecule has 0 atom stereocenters. The summed E-state index contributed by atoms with van der Waals surface area (Å²) >= 11 is 3.19. The van der Waals surface area contributed by atoms with Crippen molar-refractivity contribution in [1.82, 2.24) is 14.3 Å². The Bertz CT molecular complexity index is 1200. The van der Waals surface area contributed by atoms with Crippen molar-refractivity contribution >= 4 is 43.5 Å². The highest BCUT2D eigenvalue weighted by Gasteiger charge is 2.18. The lowest BCUT2D eigenvalue weighted by atomic mass is 10.1. The van der Waals surface area contributed by atoms with Gasteiger partial charge in [-0.15, -0.1) is 0 Å². The van der Waals surface area contributed by atoms with Crippen LogP contribution in [-0.4, -0.2) is 41.5 Å². The summed E-state index contributed by atoms with van der Waals surface area (Å²) in [6.45, 7) is 0.835. The number of aromatic nitrogens is 2. The molecule has 0 fully saturated rings. The van der Waals surface area contributed by atoms with Crippen molar-refractivity contribution in [3.05, 3.63) is 76.8 Å². The zero-order chi connectivity index (χ0) is 22.4. The van der Waals surface area contributed by atoms with Crippen LogP contribution in [0.2, 0.25) is 0 Å². The summed E-state index contributed by atoms with van der Waals surface area (Å²) in [7, 11) is -3.81. The minimum atomic E-state index is -3.81. The van der Waals surface area contributed by atoms with Gasteiger partial charge < -0.3 is 15.0 Å². The fourth-order valence-corrected chi connectivity index (χ4v) is 4.25. The van der Waals surface area contributed by atoms with E-state index >= 15 is 0 Å². The zero-order valence-electron chi connectivity index (χ0n) is 16.2. The molecule has 3 rings (SSSR count). The third-order valence-electron chi connectivity index (χ3n) is 4.31. The van der Waals surface area contributed by atoms with Crippen LogP contribution in [0.3, 0.4) is 0 Å². The minimum Gasteiger partial charge on any atom is -0.478 e. The molecule has 3 N–H and O–H groups in total. The molecule has 162 valence electrons. The first-order valence-corrected chi connectivity index (χ1v) is 11.4. The van der Waals surface area contributed by atoms with Gasteiger partial charge >= 0.3 is 5.97 Å². The number of carboxylic acids is 1. The van der Waals surface area contributed by atoms with Gasteiger partial charge in [-0.2, -0.15) is 0 Å². The van der Waals surface area contributed by atoms with Crippen LogP contribution < -0.4 is 10.0 Å². The standard InChI is InChI=1S/C20H19BrN4O5S/c21-15-5-6-18(17(12-15)20(27)28)24-19(26)14-3-1-4-16(11-14)31(29,30)23-7-2-9-25-10-8-22-13-25/h1,3-6,8,10-13,23H,2,7,9H2,(H,24,26)(H,27,28). The van der Waals surface area contributed by atoms with Crippen molar-refractivity contribution in [3.8, 4) is 0 Å². The third-order valence-corrected chi connectivity index (χ3v) is 6.26. The predicted molar refractivity (Wildman–Crippen MR) is 118 cm³/mol. The minimum absolute atomic E-state index is 0.0583. The maximum atomic E-state index is 12.6. The van der Waals surface area contributed by atoms with Crippen LogP contribution in [0.15, 0.2) is 70.6 Å². The number of carbonyl (C=O) groups is 2. The molecule has 31 heavy (non-hydrogen) atoms. The van der Waals surface area contributed by atoms with Crippen molar-refractivity contribution in [1.29, 1.82) is 0 Å². The first-order valence-electron chi connectivity index (χ1n) is 9.16. The number of nitrogens with zero attached hydrogens (tertiary/aromatic N) is 2. The van der Waals surface area contributed by atoms with E-state index in [1.165, 1.54) is 36.4 Å². The van der Waals surface area contributed by atoms with E-state index in [4.69, 9.17) is 0 Å². The number of hydrogen-bond donors (Lipinski definition) is 3. The number of carbonyl (C=O) groups excluding carboxylic acids is 1. The quantitative estimate of drug-likeness (QED) is 0.382. The lowest BCUT2D eigenvalue weighted by Crippen LogP contribution is -2.26. The molecule has 3 aromatic rings. The van der Waals surface area contributed by atoms with E-state index in [1.54, 1.807) is 24.8 Å². The number of sulfonamides is 1. The largest absolute Gasteiger partial charge is 0.478 e. The highest BCUT2D eigenvalue weighted by atomic mass is 79.9. The summed E-state index contributed by atoms with van der Waals surface area (Å²) in [6.07, 6.45) is 5.65. The average molecular weight is 507 g/mol. The molecule has 1 aromatic heterocycles. The molecule has 0 saturated heterocycles. The van der Waals surface area contributed by atoms with E-state index in [9.17, 15) is 23.1 Å². The molecule has 2 aromatic carbocycles. The zero-order valence-corrected chi connectivity index (χ0v) is 18.6. The van der Waals surface area contributed by atoms with E-state index in [0.29, 0.717) is 17.4 Å². The number of nitrogens with one attached hydrogen (secondary N) is 2. The van der Waals surface area contributed by atoms with Gasteiger partial charge in [0.25, 0.3) is 5.91 Å². The van der Waals surface area contributed by atoms with Gasteiger partial charge in [-0.05, 0) is 42.8 Å². The van der Waals surface area contributed by atoms with Crippen molar-refractivity contribution < 1.29 is 23.1 Å². The number of amides is 1. The molecule has 0 unspecified atom stereocenters. The molecular formula is C20H19BrN4O5S. The van der Waals surface area contributed by atoms with Crippen LogP contribution in [0, 0.1) is 0 Å². The molecule has 0 bridgehead atoms. The highest BCUT2D eigenvalue weighted by molar-refractivity contribution is 9.10. The van der Waals surface area contributed by atoms with Crippen LogP contribution in [-0.2, 0) is 16.6 Å². The highest BCUT2D eigenvalue weighted by Crippen LogP contribution is 2.22. The van der Waals surface area contributed by atoms with Crippen LogP contribution in [0.1, 0.15) is 27.1 Å². The topological polar surface area (TPSA) is 130 Å². The Kier molecular flexibility index (Phi) is 7.21. The monoisotopic (exact) mass is 506 g/mol.